The summed E-state index contributed by atoms with van der Waals surface area (Å²) in [5.41, 5.74) is 0.384. The third-order valence-electron chi connectivity index (χ3n) is 4.10. The average Bonchev–Trinajstić information content (AvgIpc) is 3.00. The van der Waals surface area contributed by atoms with Gasteiger partial charge in [-0.3, -0.25) is 4.79 Å². The molecule has 0 radical (unpaired) electrons. The summed E-state index contributed by atoms with van der Waals surface area (Å²) >= 11 is 0. The second-order valence-corrected chi connectivity index (χ2v) is 5.73. The molecule has 0 aromatic carbocycles. The number of nitrogens with zero attached hydrogens (tertiary/aromatic N) is 3. The Morgan fingerprint density at radius 1 is 1.39 bits per heavy atom. The maximum atomic E-state index is 12.3. The van der Waals surface area contributed by atoms with Crippen molar-refractivity contribution in [1.29, 1.82) is 0 Å². The molecule has 1 fully saturated rings. The number of aromatic nitrogens is 2. The van der Waals surface area contributed by atoms with Crippen LogP contribution >= 0.6 is 0 Å². The number of carbonyl (C=O) groups excluding carboxylic acids is 2. The fourth-order valence-electron chi connectivity index (χ4n) is 2.86. The molecule has 0 bridgehead atoms. The summed E-state index contributed by atoms with van der Waals surface area (Å²) in [6, 6.07) is 1.73. The number of hydrogen-bond acceptors (Lipinski definition) is 5. The monoisotopic (exact) mass is 322 g/mol. The minimum absolute atomic E-state index is 0.0489. The van der Waals surface area contributed by atoms with E-state index >= 15 is 0 Å². The van der Waals surface area contributed by atoms with Gasteiger partial charge in [-0.1, -0.05) is 0 Å². The van der Waals surface area contributed by atoms with E-state index in [4.69, 9.17) is 9.47 Å². The Hall–Kier alpha value is -2.25. The highest BCUT2D eigenvalue weighted by atomic mass is 16.6. The van der Waals surface area contributed by atoms with Crippen molar-refractivity contribution in [2.75, 3.05) is 26.3 Å². The molecule has 2 aliphatic heterocycles. The molecular formula is C15H22N4O4. The molecule has 23 heavy (non-hydrogen) atoms. The van der Waals surface area contributed by atoms with Gasteiger partial charge in [0.1, 0.15) is 0 Å². The molecular weight excluding hydrogens is 300 g/mol. The predicted molar refractivity (Wildman–Crippen MR) is 81.4 cm³/mol. The summed E-state index contributed by atoms with van der Waals surface area (Å²) in [4.78, 5) is 25.6. The van der Waals surface area contributed by atoms with Gasteiger partial charge in [0, 0.05) is 38.2 Å². The van der Waals surface area contributed by atoms with E-state index in [2.05, 4.69) is 10.4 Å². The third kappa shape index (κ3) is 3.57. The molecule has 126 valence electrons. The van der Waals surface area contributed by atoms with Crippen LogP contribution in [-0.4, -0.2) is 59.0 Å². The van der Waals surface area contributed by atoms with Crippen LogP contribution in [0.25, 0.3) is 0 Å². The zero-order chi connectivity index (χ0) is 16.2. The Bertz CT molecular complexity index is 555. The van der Waals surface area contributed by atoms with E-state index in [9.17, 15) is 9.59 Å². The largest absolute Gasteiger partial charge is 0.478 e. The normalized spacial score (nSPS) is 18.0. The standard InChI is InChI=1S/C15H22N4O4/c1-2-22-15(21)18-7-4-11(5-8-18)16-14(20)12-10-13-19(17-12)6-3-9-23-13/h10-11H,2-9H2,1H3,(H,16,20). The van der Waals surface area contributed by atoms with Crippen LogP contribution in [0.15, 0.2) is 6.07 Å². The third-order valence-corrected chi connectivity index (χ3v) is 4.10. The van der Waals surface area contributed by atoms with Crippen molar-refractivity contribution in [3.8, 4) is 5.88 Å². The summed E-state index contributed by atoms with van der Waals surface area (Å²) in [5, 5.41) is 7.27. The van der Waals surface area contributed by atoms with Crippen LogP contribution in [0.3, 0.4) is 0 Å². The van der Waals surface area contributed by atoms with Crippen LogP contribution in [0, 0.1) is 0 Å². The highest BCUT2D eigenvalue weighted by Gasteiger charge is 2.26. The number of fused-ring (bicyclic) bond motifs is 1. The maximum Gasteiger partial charge on any atom is 0.409 e. The summed E-state index contributed by atoms with van der Waals surface area (Å²) in [7, 11) is 0. The van der Waals surface area contributed by atoms with Crippen molar-refractivity contribution in [3.05, 3.63) is 11.8 Å². The maximum absolute atomic E-state index is 12.3. The predicted octanol–water partition coefficient (Wildman–Crippen LogP) is 1.02. The number of ether oxygens (including phenoxy) is 2. The Labute approximate surface area is 134 Å². The van der Waals surface area contributed by atoms with Crippen LogP contribution < -0.4 is 10.1 Å². The number of carbonyl (C=O) groups is 2. The van der Waals surface area contributed by atoms with Gasteiger partial charge in [-0.25, -0.2) is 9.48 Å². The molecule has 0 unspecified atom stereocenters. The number of piperidine rings is 1. The molecule has 3 heterocycles. The molecule has 2 amide bonds. The van der Waals surface area contributed by atoms with Gasteiger partial charge in [0.25, 0.3) is 5.91 Å². The summed E-state index contributed by atoms with van der Waals surface area (Å²) < 4.78 is 12.2. The first-order chi connectivity index (χ1) is 11.2. The van der Waals surface area contributed by atoms with E-state index in [-0.39, 0.29) is 18.0 Å². The fourth-order valence-corrected chi connectivity index (χ4v) is 2.86. The quantitative estimate of drug-likeness (QED) is 0.898. The lowest BCUT2D eigenvalue weighted by Gasteiger charge is -2.31. The summed E-state index contributed by atoms with van der Waals surface area (Å²) in [6.07, 6.45) is 2.06. The van der Waals surface area contributed by atoms with Crippen LogP contribution in [0.1, 0.15) is 36.7 Å². The summed E-state index contributed by atoms with van der Waals surface area (Å²) in [6.45, 7) is 4.79. The van der Waals surface area contributed by atoms with Crippen LogP contribution in [0.2, 0.25) is 0 Å². The Balaban J connectivity index is 1.51. The molecule has 1 aromatic rings. The molecule has 0 aliphatic carbocycles. The minimum atomic E-state index is -0.281. The van der Waals surface area contributed by atoms with Crippen molar-refractivity contribution < 1.29 is 19.1 Å². The van der Waals surface area contributed by atoms with Crippen LogP contribution in [-0.2, 0) is 11.3 Å². The number of likely N-dealkylation sites (tertiary alicyclic amines) is 1. The van der Waals surface area contributed by atoms with Gasteiger partial charge in [-0.15, -0.1) is 0 Å². The number of rotatable bonds is 3. The van der Waals surface area contributed by atoms with Gasteiger partial charge in [-0.2, -0.15) is 5.10 Å². The zero-order valence-corrected chi connectivity index (χ0v) is 13.3. The van der Waals surface area contributed by atoms with E-state index < -0.39 is 0 Å². The first-order valence-electron chi connectivity index (χ1n) is 8.10. The zero-order valence-electron chi connectivity index (χ0n) is 13.3. The van der Waals surface area contributed by atoms with Gasteiger partial charge >= 0.3 is 6.09 Å². The first-order valence-corrected chi connectivity index (χ1v) is 8.10. The van der Waals surface area contributed by atoms with E-state index in [1.54, 1.807) is 22.6 Å². The smallest absolute Gasteiger partial charge is 0.409 e. The Morgan fingerprint density at radius 3 is 2.87 bits per heavy atom. The van der Waals surface area contributed by atoms with Gasteiger partial charge in [0.2, 0.25) is 5.88 Å². The van der Waals surface area contributed by atoms with E-state index in [0.717, 1.165) is 13.0 Å². The number of hydrogen-bond donors (Lipinski definition) is 1. The highest BCUT2D eigenvalue weighted by molar-refractivity contribution is 5.92. The van der Waals surface area contributed by atoms with Crippen molar-refractivity contribution in [2.24, 2.45) is 0 Å². The number of aryl methyl sites for hydroxylation is 1. The Kier molecular flexibility index (Phi) is 4.68. The van der Waals surface area contributed by atoms with Crippen LogP contribution in [0.4, 0.5) is 4.79 Å². The second-order valence-electron chi connectivity index (χ2n) is 5.73. The van der Waals surface area contributed by atoms with Gasteiger partial charge in [-0.05, 0) is 19.8 Å². The molecule has 0 spiro atoms. The lowest BCUT2D eigenvalue weighted by Crippen LogP contribution is -2.46. The van der Waals surface area contributed by atoms with Crippen molar-refractivity contribution >= 4 is 12.0 Å². The molecule has 1 aromatic heterocycles. The number of amides is 2. The number of nitrogens with one attached hydrogen (secondary N) is 1. The van der Waals surface area contributed by atoms with Gasteiger partial charge in [0.05, 0.1) is 13.2 Å². The highest BCUT2D eigenvalue weighted by Crippen LogP contribution is 2.19. The van der Waals surface area contributed by atoms with Gasteiger partial charge in [0.15, 0.2) is 5.69 Å². The Morgan fingerprint density at radius 2 is 2.17 bits per heavy atom. The SMILES string of the molecule is CCOC(=O)N1CCC(NC(=O)c2cc3n(n2)CCCO3)CC1. The van der Waals surface area contributed by atoms with Crippen LogP contribution in [0.5, 0.6) is 5.88 Å². The van der Waals surface area contributed by atoms with Crippen molar-refractivity contribution in [2.45, 2.75) is 38.8 Å². The summed E-state index contributed by atoms with van der Waals surface area (Å²) in [5.74, 6) is 0.462. The molecule has 8 heteroatoms. The second kappa shape index (κ2) is 6.89. The molecule has 1 N–H and O–H groups in total. The fraction of sp³-hybridized carbons (Fsp3) is 0.667. The topological polar surface area (TPSA) is 85.7 Å². The lowest BCUT2D eigenvalue weighted by molar-refractivity contribution is 0.0856. The van der Waals surface area contributed by atoms with Crippen molar-refractivity contribution in [1.82, 2.24) is 20.0 Å². The minimum Gasteiger partial charge on any atom is -0.478 e. The van der Waals surface area contributed by atoms with Gasteiger partial charge < -0.3 is 19.7 Å². The molecule has 0 saturated carbocycles. The lowest BCUT2D eigenvalue weighted by atomic mass is 10.1. The molecule has 1 saturated heterocycles. The van der Waals surface area contributed by atoms with Crippen molar-refractivity contribution in [3.63, 3.8) is 0 Å². The average molecular weight is 322 g/mol. The first kappa shape index (κ1) is 15.6. The molecule has 3 rings (SSSR count). The molecule has 8 nitrogen and oxygen atoms in total. The van der Waals surface area contributed by atoms with E-state index in [1.807, 2.05) is 0 Å². The molecule has 0 atom stereocenters. The van der Waals surface area contributed by atoms with E-state index in [0.29, 0.717) is 50.7 Å². The molecule has 2 aliphatic rings. The van der Waals surface area contributed by atoms with E-state index in [1.165, 1.54) is 0 Å².